The first-order valence-corrected chi connectivity index (χ1v) is 4.98. The molecular weight excluding hydrogens is 233 g/mol. The fraction of sp³-hybridized carbons (Fsp3) is 0.200. The van der Waals surface area contributed by atoms with Gasteiger partial charge in [0.05, 0.1) is 23.5 Å². The van der Waals surface area contributed by atoms with Crippen LogP contribution in [0.4, 0.5) is 4.39 Å². The summed E-state index contributed by atoms with van der Waals surface area (Å²) in [5.74, 6) is -0.472. The minimum absolute atomic E-state index is 0.0729. The van der Waals surface area contributed by atoms with E-state index < -0.39 is 5.82 Å². The number of nitrogens with zero attached hydrogens (tertiary/aromatic N) is 3. The van der Waals surface area contributed by atoms with Gasteiger partial charge in [0.15, 0.2) is 0 Å². The minimum Gasteiger partial charge on any atom is -0.390 e. The second-order valence-electron chi connectivity index (χ2n) is 3.32. The zero-order valence-corrected chi connectivity index (χ0v) is 9.24. The van der Waals surface area contributed by atoms with Gasteiger partial charge in [-0.15, -0.1) is 5.10 Å². The molecule has 2 aromatic rings. The molecule has 1 aromatic heterocycles. The summed E-state index contributed by atoms with van der Waals surface area (Å²) < 4.78 is 14.9. The van der Waals surface area contributed by atoms with Crippen molar-refractivity contribution in [3.8, 4) is 5.69 Å². The van der Waals surface area contributed by atoms with Crippen molar-refractivity contribution in [2.45, 2.75) is 13.5 Å². The monoisotopic (exact) mass is 241 g/mol. The SMILES string of the molecule is Cc1c(-n2cc(CO)nn2)ccc(Cl)c1F. The maximum absolute atomic E-state index is 13.5. The Bertz CT molecular complexity index is 527. The zero-order chi connectivity index (χ0) is 11.7. The van der Waals surface area contributed by atoms with E-state index in [0.29, 0.717) is 16.9 Å². The summed E-state index contributed by atoms with van der Waals surface area (Å²) in [4.78, 5) is 0. The predicted molar refractivity (Wildman–Crippen MR) is 57.0 cm³/mol. The van der Waals surface area contributed by atoms with Crippen LogP contribution < -0.4 is 0 Å². The molecule has 84 valence electrons. The minimum atomic E-state index is -0.472. The molecule has 0 atom stereocenters. The first-order chi connectivity index (χ1) is 7.63. The van der Waals surface area contributed by atoms with Gasteiger partial charge in [-0.3, -0.25) is 0 Å². The summed E-state index contributed by atoms with van der Waals surface area (Å²) in [5.41, 5.74) is 1.37. The van der Waals surface area contributed by atoms with Crippen LogP contribution in [-0.2, 0) is 6.61 Å². The van der Waals surface area contributed by atoms with Crippen LogP contribution >= 0.6 is 11.6 Å². The molecule has 0 radical (unpaired) electrons. The Balaban J connectivity index is 2.52. The van der Waals surface area contributed by atoms with E-state index in [2.05, 4.69) is 10.3 Å². The van der Waals surface area contributed by atoms with E-state index in [1.54, 1.807) is 13.0 Å². The van der Waals surface area contributed by atoms with E-state index in [1.165, 1.54) is 16.9 Å². The lowest BCUT2D eigenvalue weighted by molar-refractivity contribution is 0.276. The number of hydrogen-bond acceptors (Lipinski definition) is 3. The summed E-state index contributed by atoms with van der Waals surface area (Å²) >= 11 is 5.65. The molecule has 2 rings (SSSR count). The summed E-state index contributed by atoms with van der Waals surface area (Å²) in [6, 6.07) is 3.11. The molecule has 0 saturated carbocycles. The fourth-order valence-corrected chi connectivity index (χ4v) is 1.58. The lowest BCUT2D eigenvalue weighted by Crippen LogP contribution is -2.00. The first-order valence-electron chi connectivity index (χ1n) is 4.60. The van der Waals surface area contributed by atoms with Crippen molar-refractivity contribution < 1.29 is 9.50 Å². The number of benzene rings is 1. The Labute approximate surface area is 96.3 Å². The Kier molecular flexibility index (Phi) is 2.89. The van der Waals surface area contributed by atoms with Gasteiger partial charge >= 0.3 is 0 Å². The summed E-state index contributed by atoms with van der Waals surface area (Å²) in [5, 5.41) is 16.4. The zero-order valence-electron chi connectivity index (χ0n) is 8.48. The molecule has 0 fully saturated rings. The van der Waals surface area contributed by atoms with Crippen LogP contribution in [0.2, 0.25) is 5.02 Å². The highest BCUT2D eigenvalue weighted by Gasteiger charge is 2.11. The van der Waals surface area contributed by atoms with Gasteiger partial charge in [0, 0.05) is 5.56 Å². The maximum atomic E-state index is 13.5. The Morgan fingerprint density at radius 1 is 1.50 bits per heavy atom. The predicted octanol–water partition coefficient (Wildman–Crippen LogP) is 1.86. The number of aromatic nitrogens is 3. The Morgan fingerprint density at radius 2 is 2.25 bits per heavy atom. The first kappa shape index (κ1) is 11.0. The molecule has 0 aliphatic rings. The van der Waals surface area contributed by atoms with Gasteiger partial charge in [-0.25, -0.2) is 9.07 Å². The lowest BCUT2D eigenvalue weighted by Gasteiger charge is -2.06. The second-order valence-corrected chi connectivity index (χ2v) is 3.73. The van der Waals surface area contributed by atoms with Crippen LogP contribution in [0.3, 0.4) is 0 Å². The van der Waals surface area contributed by atoms with E-state index in [-0.39, 0.29) is 11.6 Å². The van der Waals surface area contributed by atoms with Crippen LogP contribution in [0.15, 0.2) is 18.3 Å². The molecule has 6 heteroatoms. The third-order valence-electron chi connectivity index (χ3n) is 2.26. The highest BCUT2D eigenvalue weighted by Crippen LogP contribution is 2.23. The van der Waals surface area contributed by atoms with Gasteiger partial charge in [-0.1, -0.05) is 16.8 Å². The van der Waals surface area contributed by atoms with Crippen molar-refractivity contribution in [3.05, 3.63) is 40.4 Å². The van der Waals surface area contributed by atoms with Gasteiger partial charge in [-0.05, 0) is 19.1 Å². The lowest BCUT2D eigenvalue weighted by atomic mass is 10.2. The van der Waals surface area contributed by atoms with Crippen molar-refractivity contribution in [1.29, 1.82) is 0 Å². The van der Waals surface area contributed by atoms with E-state index >= 15 is 0 Å². The van der Waals surface area contributed by atoms with Crippen LogP contribution in [-0.4, -0.2) is 20.1 Å². The Morgan fingerprint density at radius 3 is 2.88 bits per heavy atom. The number of hydrogen-bond donors (Lipinski definition) is 1. The molecule has 0 spiro atoms. The number of aliphatic hydroxyl groups is 1. The van der Waals surface area contributed by atoms with Gasteiger partial charge in [0.2, 0.25) is 0 Å². The summed E-state index contributed by atoms with van der Waals surface area (Å²) in [6.07, 6.45) is 1.54. The third-order valence-corrected chi connectivity index (χ3v) is 2.55. The van der Waals surface area contributed by atoms with Crippen LogP contribution in [0.1, 0.15) is 11.3 Å². The average molecular weight is 242 g/mol. The largest absolute Gasteiger partial charge is 0.390 e. The van der Waals surface area contributed by atoms with Crippen molar-refractivity contribution in [3.63, 3.8) is 0 Å². The summed E-state index contributed by atoms with van der Waals surface area (Å²) in [7, 11) is 0. The van der Waals surface area contributed by atoms with Crippen LogP contribution in [0.25, 0.3) is 5.69 Å². The average Bonchev–Trinajstić information content (AvgIpc) is 2.74. The molecule has 0 aliphatic heterocycles. The van der Waals surface area contributed by atoms with Crippen molar-refractivity contribution >= 4 is 11.6 Å². The molecular formula is C10H9ClFN3O. The number of aliphatic hydroxyl groups excluding tert-OH is 1. The van der Waals surface area contributed by atoms with Gasteiger partial charge in [0.1, 0.15) is 11.5 Å². The smallest absolute Gasteiger partial charge is 0.146 e. The van der Waals surface area contributed by atoms with Gasteiger partial charge in [-0.2, -0.15) is 0 Å². The van der Waals surface area contributed by atoms with Crippen LogP contribution in [0.5, 0.6) is 0 Å². The summed E-state index contributed by atoms with van der Waals surface area (Å²) in [6.45, 7) is 1.41. The molecule has 4 nitrogen and oxygen atoms in total. The third kappa shape index (κ3) is 1.79. The van der Waals surface area contributed by atoms with E-state index in [9.17, 15) is 4.39 Å². The van der Waals surface area contributed by atoms with Crippen molar-refractivity contribution in [1.82, 2.24) is 15.0 Å². The fourth-order valence-electron chi connectivity index (χ4n) is 1.38. The van der Waals surface area contributed by atoms with Crippen molar-refractivity contribution in [2.75, 3.05) is 0 Å². The Hall–Kier alpha value is -1.46. The quantitative estimate of drug-likeness (QED) is 0.873. The highest BCUT2D eigenvalue weighted by molar-refractivity contribution is 6.30. The standard InChI is InChI=1S/C10H9ClFN3O/c1-6-9(3-2-8(11)10(6)12)15-4-7(5-16)13-14-15/h2-4,16H,5H2,1H3. The molecule has 0 amide bonds. The molecule has 1 aromatic carbocycles. The van der Waals surface area contributed by atoms with E-state index in [4.69, 9.17) is 16.7 Å². The molecule has 0 saturated heterocycles. The van der Waals surface area contributed by atoms with Crippen molar-refractivity contribution in [2.24, 2.45) is 0 Å². The molecule has 1 heterocycles. The van der Waals surface area contributed by atoms with Gasteiger partial charge < -0.3 is 5.11 Å². The highest BCUT2D eigenvalue weighted by atomic mass is 35.5. The van der Waals surface area contributed by atoms with Gasteiger partial charge in [0.25, 0.3) is 0 Å². The molecule has 0 bridgehead atoms. The number of rotatable bonds is 2. The molecule has 0 unspecified atom stereocenters. The van der Waals surface area contributed by atoms with E-state index in [0.717, 1.165) is 0 Å². The second kappa shape index (κ2) is 4.19. The molecule has 0 aliphatic carbocycles. The normalized spacial score (nSPS) is 10.8. The van der Waals surface area contributed by atoms with Crippen LogP contribution in [0, 0.1) is 12.7 Å². The van der Waals surface area contributed by atoms with E-state index in [1.807, 2.05) is 0 Å². The maximum Gasteiger partial charge on any atom is 0.146 e. The molecule has 1 N–H and O–H groups in total. The molecule has 16 heavy (non-hydrogen) atoms. The number of halogens is 2. The topological polar surface area (TPSA) is 50.9 Å².